The molecule has 0 aromatic carbocycles. The standard InChI is InChI=1S/C12H19NO6/c1-11(2,3)19-10(16)13-6-8(9(14)15)12(7-13)17-4-5-18-12/h8H,4-7H2,1-3H3,(H,14,15). The van der Waals surface area contributed by atoms with Gasteiger partial charge in [0.1, 0.15) is 11.5 Å². The van der Waals surface area contributed by atoms with E-state index < -0.39 is 29.4 Å². The highest BCUT2D eigenvalue weighted by molar-refractivity contribution is 5.75. The van der Waals surface area contributed by atoms with Crippen LogP contribution in [0.5, 0.6) is 0 Å². The number of likely N-dealkylation sites (tertiary alicyclic amines) is 1. The van der Waals surface area contributed by atoms with Crippen LogP contribution in [0, 0.1) is 5.92 Å². The van der Waals surface area contributed by atoms with Gasteiger partial charge in [-0.25, -0.2) is 4.79 Å². The average Bonchev–Trinajstić information content (AvgIpc) is 2.84. The molecule has 1 unspecified atom stereocenters. The Morgan fingerprint density at radius 3 is 2.37 bits per heavy atom. The smallest absolute Gasteiger partial charge is 0.410 e. The molecule has 0 aliphatic carbocycles. The van der Waals surface area contributed by atoms with Crippen molar-refractivity contribution in [2.24, 2.45) is 5.92 Å². The summed E-state index contributed by atoms with van der Waals surface area (Å²) in [5.41, 5.74) is -0.622. The fraction of sp³-hybridized carbons (Fsp3) is 0.833. The van der Waals surface area contributed by atoms with E-state index in [1.165, 1.54) is 4.90 Å². The topological polar surface area (TPSA) is 85.3 Å². The maximum absolute atomic E-state index is 12.0. The van der Waals surface area contributed by atoms with Crippen LogP contribution in [0.3, 0.4) is 0 Å². The predicted octanol–water partition coefficient (Wildman–Crippen LogP) is 0.681. The van der Waals surface area contributed by atoms with Crippen molar-refractivity contribution in [1.82, 2.24) is 4.90 Å². The first-order chi connectivity index (χ1) is 8.73. The second-order valence-electron chi connectivity index (χ2n) is 5.76. The SMILES string of the molecule is CC(C)(C)OC(=O)N1CC(C(=O)O)C2(C1)OCCO2. The van der Waals surface area contributed by atoms with Crippen molar-refractivity contribution < 1.29 is 28.9 Å². The number of carbonyl (C=O) groups excluding carboxylic acids is 1. The molecule has 1 atom stereocenters. The van der Waals surface area contributed by atoms with E-state index in [1.807, 2.05) is 0 Å². The van der Waals surface area contributed by atoms with E-state index >= 15 is 0 Å². The Labute approximate surface area is 111 Å². The van der Waals surface area contributed by atoms with Crippen LogP contribution in [-0.4, -0.2) is 59.8 Å². The Bertz CT molecular complexity index is 382. The van der Waals surface area contributed by atoms with E-state index in [1.54, 1.807) is 20.8 Å². The molecular formula is C12H19NO6. The molecular weight excluding hydrogens is 254 g/mol. The molecule has 2 aliphatic heterocycles. The Hall–Kier alpha value is -1.34. The largest absolute Gasteiger partial charge is 0.481 e. The zero-order valence-corrected chi connectivity index (χ0v) is 11.3. The molecule has 1 N–H and O–H groups in total. The van der Waals surface area contributed by atoms with Gasteiger partial charge in [-0.15, -0.1) is 0 Å². The molecule has 1 amide bonds. The van der Waals surface area contributed by atoms with Crippen LogP contribution in [0.1, 0.15) is 20.8 Å². The Morgan fingerprint density at radius 1 is 1.32 bits per heavy atom. The molecule has 2 aliphatic rings. The first-order valence-corrected chi connectivity index (χ1v) is 6.22. The van der Waals surface area contributed by atoms with Gasteiger partial charge in [-0.1, -0.05) is 0 Å². The van der Waals surface area contributed by atoms with Crippen LogP contribution in [0.2, 0.25) is 0 Å². The summed E-state index contributed by atoms with van der Waals surface area (Å²) < 4.78 is 16.1. The Morgan fingerprint density at radius 2 is 1.89 bits per heavy atom. The van der Waals surface area contributed by atoms with Crippen LogP contribution in [-0.2, 0) is 19.0 Å². The third-order valence-corrected chi connectivity index (χ3v) is 3.07. The van der Waals surface area contributed by atoms with E-state index in [9.17, 15) is 14.7 Å². The molecule has 0 bridgehead atoms. The first-order valence-electron chi connectivity index (χ1n) is 6.22. The van der Waals surface area contributed by atoms with Gasteiger partial charge >= 0.3 is 12.1 Å². The summed E-state index contributed by atoms with van der Waals surface area (Å²) in [4.78, 5) is 24.6. The maximum atomic E-state index is 12.0. The number of nitrogens with zero attached hydrogens (tertiary/aromatic N) is 1. The Balaban J connectivity index is 2.10. The summed E-state index contributed by atoms with van der Waals surface area (Å²) >= 11 is 0. The number of hydrogen-bond donors (Lipinski definition) is 1. The Kier molecular flexibility index (Phi) is 3.44. The highest BCUT2D eigenvalue weighted by Crippen LogP contribution is 2.36. The number of ether oxygens (including phenoxy) is 3. The molecule has 7 heteroatoms. The monoisotopic (exact) mass is 273 g/mol. The van der Waals surface area contributed by atoms with Crippen molar-refractivity contribution in [3.05, 3.63) is 0 Å². The summed E-state index contributed by atoms with van der Waals surface area (Å²) in [6, 6.07) is 0. The van der Waals surface area contributed by atoms with Gasteiger partial charge in [-0.3, -0.25) is 4.79 Å². The molecule has 0 radical (unpaired) electrons. The number of carboxylic acid groups (broad SMARTS) is 1. The van der Waals surface area contributed by atoms with E-state index in [4.69, 9.17) is 14.2 Å². The van der Waals surface area contributed by atoms with Gasteiger partial charge in [0.15, 0.2) is 0 Å². The zero-order valence-electron chi connectivity index (χ0n) is 11.3. The minimum Gasteiger partial charge on any atom is -0.481 e. The lowest BCUT2D eigenvalue weighted by Gasteiger charge is -2.26. The van der Waals surface area contributed by atoms with Crippen LogP contribution in [0.4, 0.5) is 4.79 Å². The summed E-state index contributed by atoms with van der Waals surface area (Å²) in [6.45, 7) is 6.07. The molecule has 1 spiro atoms. The molecule has 2 rings (SSSR count). The molecule has 0 aromatic heterocycles. The van der Waals surface area contributed by atoms with Crippen LogP contribution in [0.25, 0.3) is 0 Å². The number of rotatable bonds is 1. The van der Waals surface area contributed by atoms with Gasteiger partial charge < -0.3 is 24.2 Å². The molecule has 0 saturated carbocycles. The first kappa shape index (κ1) is 14.1. The second kappa shape index (κ2) is 4.64. The van der Waals surface area contributed by atoms with E-state index in [-0.39, 0.29) is 13.1 Å². The lowest BCUT2D eigenvalue weighted by molar-refractivity contribution is -0.189. The van der Waals surface area contributed by atoms with Crippen molar-refractivity contribution in [3.8, 4) is 0 Å². The van der Waals surface area contributed by atoms with Crippen LogP contribution in [0.15, 0.2) is 0 Å². The summed E-state index contributed by atoms with van der Waals surface area (Å²) in [5, 5.41) is 9.23. The minimum absolute atomic E-state index is 0.0320. The van der Waals surface area contributed by atoms with Gasteiger partial charge in [0.25, 0.3) is 0 Å². The summed E-state index contributed by atoms with van der Waals surface area (Å²) in [7, 11) is 0. The number of aliphatic carboxylic acids is 1. The number of hydrogen-bond acceptors (Lipinski definition) is 5. The predicted molar refractivity (Wildman–Crippen MR) is 63.6 cm³/mol. The van der Waals surface area contributed by atoms with E-state index in [0.29, 0.717) is 13.2 Å². The van der Waals surface area contributed by atoms with Gasteiger partial charge in [0.05, 0.1) is 19.8 Å². The summed E-state index contributed by atoms with van der Waals surface area (Å²) in [6.07, 6.45) is -0.547. The zero-order chi connectivity index (χ0) is 14.3. The number of carboxylic acids is 1. The van der Waals surface area contributed by atoms with Gasteiger partial charge in [-0.2, -0.15) is 0 Å². The normalized spacial score (nSPS) is 25.8. The molecule has 0 aromatic rings. The van der Waals surface area contributed by atoms with Crippen LogP contribution >= 0.6 is 0 Å². The molecule has 19 heavy (non-hydrogen) atoms. The van der Waals surface area contributed by atoms with Gasteiger partial charge in [0.2, 0.25) is 5.79 Å². The highest BCUT2D eigenvalue weighted by atomic mass is 16.7. The van der Waals surface area contributed by atoms with Crippen molar-refractivity contribution in [2.45, 2.75) is 32.2 Å². The van der Waals surface area contributed by atoms with Crippen molar-refractivity contribution >= 4 is 12.1 Å². The average molecular weight is 273 g/mol. The fourth-order valence-corrected chi connectivity index (χ4v) is 2.30. The van der Waals surface area contributed by atoms with Crippen molar-refractivity contribution in [3.63, 3.8) is 0 Å². The third kappa shape index (κ3) is 2.82. The van der Waals surface area contributed by atoms with Crippen molar-refractivity contribution in [1.29, 1.82) is 0 Å². The molecule has 2 fully saturated rings. The van der Waals surface area contributed by atoms with Gasteiger partial charge in [-0.05, 0) is 20.8 Å². The fourth-order valence-electron chi connectivity index (χ4n) is 2.30. The van der Waals surface area contributed by atoms with E-state index in [2.05, 4.69) is 0 Å². The summed E-state index contributed by atoms with van der Waals surface area (Å²) in [5.74, 6) is -3.14. The number of amides is 1. The number of carbonyl (C=O) groups is 2. The van der Waals surface area contributed by atoms with Crippen LogP contribution < -0.4 is 0 Å². The highest BCUT2D eigenvalue weighted by Gasteiger charge is 2.56. The molecule has 7 nitrogen and oxygen atoms in total. The second-order valence-corrected chi connectivity index (χ2v) is 5.76. The minimum atomic E-state index is -1.22. The molecule has 2 heterocycles. The molecule has 2 saturated heterocycles. The maximum Gasteiger partial charge on any atom is 0.410 e. The van der Waals surface area contributed by atoms with E-state index in [0.717, 1.165) is 0 Å². The van der Waals surface area contributed by atoms with Gasteiger partial charge in [0, 0.05) is 6.54 Å². The lowest BCUT2D eigenvalue weighted by atomic mass is 10.0. The molecule has 108 valence electrons. The lowest BCUT2D eigenvalue weighted by Crippen LogP contribution is -2.43. The van der Waals surface area contributed by atoms with Crippen molar-refractivity contribution in [2.75, 3.05) is 26.3 Å². The quantitative estimate of drug-likeness (QED) is 0.756. The third-order valence-electron chi connectivity index (χ3n) is 3.07.